The van der Waals surface area contributed by atoms with Gasteiger partial charge >= 0.3 is 10.4 Å². The molecule has 5 rings (SSSR count). The van der Waals surface area contributed by atoms with Crippen molar-refractivity contribution in [3.63, 3.8) is 0 Å². The summed E-state index contributed by atoms with van der Waals surface area (Å²) in [5.41, 5.74) is 5.68. The Bertz CT molecular complexity index is 2790. The van der Waals surface area contributed by atoms with Gasteiger partial charge in [0.1, 0.15) is 16.3 Å². The Morgan fingerprint density at radius 3 is 2.25 bits per heavy atom. The Morgan fingerprint density at radius 1 is 0.852 bits per heavy atom. The maximum Gasteiger partial charge on any atom is 0.397 e. The van der Waals surface area contributed by atoms with Crippen molar-refractivity contribution in [1.82, 2.24) is 15.0 Å². The van der Waals surface area contributed by atoms with E-state index in [0.29, 0.717) is 35.8 Å². The van der Waals surface area contributed by atoms with E-state index in [1.165, 1.54) is 42.1 Å². The Hall–Kier alpha value is -4.89. The monoisotopic (exact) mass is 962 g/mol. The van der Waals surface area contributed by atoms with Crippen LogP contribution in [0.15, 0.2) is 95.8 Å². The number of anilines is 4. The first-order valence-corrected chi connectivity index (χ1v) is 23.4. The van der Waals surface area contributed by atoms with Crippen LogP contribution in [-0.2, 0) is 43.9 Å². The van der Waals surface area contributed by atoms with E-state index in [9.17, 15) is 34.9 Å². The zero-order valence-electron chi connectivity index (χ0n) is 30.6. The Kier molecular flexibility index (Phi) is 16.1. The normalized spacial score (nSPS) is 12.5. The van der Waals surface area contributed by atoms with Crippen LogP contribution < -0.4 is 16.4 Å². The number of sulfone groups is 1. The van der Waals surface area contributed by atoms with Crippen molar-refractivity contribution in [2.75, 3.05) is 53.4 Å². The standard InChI is InChI=1S/C31H31ClN10O14S5/c32-29-36-30(34-8-11-57-12-9-43)38-31(37-29)35-19-2-1-3-20(16-19)40-42-27-23(60(48,49)50)15-17-14-22(58-56-55-45)26(25(33)24(17)28(27)44)41-39-18-4-6-21(7-5-18)59(46,47)13-10-54-61(51,52)53/h1-7,14-16,43-45H,8-13,33H2,(H,48,49,50)(H,51,52,53)(H2,34,35,36,37,38)/b41-39+,42-40+. The van der Waals surface area contributed by atoms with Gasteiger partial charge in [-0.3, -0.25) is 9.11 Å². The van der Waals surface area contributed by atoms with Crippen molar-refractivity contribution in [3.05, 3.63) is 65.9 Å². The van der Waals surface area contributed by atoms with Gasteiger partial charge in [0.15, 0.2) is 15.6 Å². The smallest absolute Gasteiger partial charge is 0.397 e. The number of halogens is 1. The van der Waals surface area contributed by atoms with E-state index < -0.39 is 59.0 Å². The van der Waals surface area contributed by atoms with Crippen LogP contribution in [0.4, 0.5) is 46.0 Å². The Morgan fingerprint density at radius 2 is 1.56 bits per heavy atom. The fourth-order valence-electron chi connectivity index (χ4n) is 4.99. The number of nitrogens with one attached hydrogen (secondary N) is 2. The lowest BCUT2D eigenvalue weighted by atomic mass is 10.1. The van der Waals surface area contributed by atoms with E-state index >= 15 is 0 Å². The first kappa shape index (κ1) is 47.2. The number of nitrogen functional groups attached to an aromatic ring is 1. The number of phenolic OH excluding ortho intramolecular Hbond substituents is 1. The van der Waals surface area contributed by atoms with Crippen molar-refractivity contribution in [2.24, 2.45) is 20.5 Å². The molecule has 1 aromatic heterocycles. The van der Waals surface area contributed by atoms with Gasteiger partial charge in [0.25, 0.3) is 10.1 Å². The third-order valence-corrected chi connectivity index (χ3v) is 12.3. The molecule has 0 aliphatic rings. The lowest BCUT2D eigenvalue weighted by Crippen LogP contribution is -2.15. The van der Waals surface area contributed by atoms with Crippen LogP contribution in [0.3, 0.4) is 0 Å². The fourth-order valence-corrected chi connectivity index (χ4v) is 8.38. The molecule has 0 saturated carbocycles. The van der Waals surface area contributed by atoms with Crippen LogP contribution in [0.25, 0.3) is 10.8 Å². The van der Waals surface area contributed by atoms with Gasteiger partial charge in [0.05, 0.1) is 63.2 Å². The third-order valence-electron chi connectivity index (χ3n) is 7.53. The topological polar surface area (TPSA) is 369 Å². The van der Waals surface area contributed by atoms with Crippen molar-refractivity contribution in [3.8, 4) is 5.75 Å². The highest BCUT2D eigenvalue weighted by Crippen LogP contribution is 2.49. The zero-order chi connectivity index (χ0) is 44.4. The molecular formula is C31H31ClN10O14S5. The van der Waals surface area contributed by atoms with Gasteiger partial charge in [-0.1, -0.05) is 11.1 Å². The molecule has 0 aliphatic heterocycles. The molecule has 5 aromatic rings. The van der Waals surface area contributed by atoms with Gasteiger partial charge in [0.2, 0.25) is 17.2 Å². The first-order valence-electron chi connectivity index (χ1n) is 16.6. The second-order valence-corrected chi connectivity index (χ2v) is 18.6. The number of aliphatic hydroxyl groups is 1. The molecule has 0 bridgehead atoms. The largest absolute Gasteiger partial charge is 0.505 e. The first-order chi connectivity index (χ1) is 28.9. The minimum atomic E-state index is -5.10. The number of benzene rings is 4. The summed E-state index contributed by atoms with van der Waals surface area (Å²) in [5.74, 6) is -0.167. The molecule has 1 heterocycles. The second kappa shape index (κ2) is 20.8. The quantitative estimate of drug-likeness (QED) is 0.00801. The van der Waals surface area contributed by atoms with Crippen molar-refractivity contribution >= 4 is 123 Å². The van der Waals surface area contributed by atoms with Gasteiger partial charge in [-0.25, -0.2) is 17.9 Å². The molecule has 9 N–H and O–H groups in total. The number of hydrogen-bond acceptors (Lipinski definition) is 24. The van der Waals surface area contributed by atoms with Crippen molar-refractivity contribution < 1.29 is 63.4 Å². The van der Waals surface area contributed by atoms with Crippen LogP contribution in [0.1, 0.15) is 0 Å². The molecule has 0 atom stereocenters. The SMILES string of the molecule is Nc1c(/N=N/c2ccc(S(=O)(=O)CCOS(=O)(=O)O)cc2)c(SOOO)cc2cc(S(=O)(=O)O)c(/N=N/c3cccc(Nc4nc(Cl)nc(NCCSCCO)n4)c3)c(O)c12. The molecule has 0 unspecified atom stereocenters. The van der Waals surface area contributed by atoms with Crippen molar-refractivity contribution in [2.45, 2.75) is 14.7 Å². The fraction of sp³-hybridized carbons (Fsp3) is 0.194. The minimum Gasteiger partial charge on any atom is -0.505 e. The lowest BCUT2D eigenvalue weighted by Gasteiger charge is -2.14. The van der Waals surface area contributed by atoms with E-state index in [4.69, 9.17) is 32.3 Å². The van der Waals surface area contributed by atoms with E-state index in [2.05, 4.69) is 59.6 Å². The van der Waals surface area contributed by atoms with E-state index in [1.54, 1.807) is 12.1 Å². The van der Waals surface area contributed by atoms with Crippen LogP contribution in [0.5, 0.6) is 5.75 Å². The number of thioether (sulfide) groups is 1. The number of nitrogens with zero attached hydrogens (tertiary/aromatic N) is 7. The van der Waals surface area contributed by atoms with Crippen LogP contribution in [0, 0.1) is 0 Å². The molecule has 4 aromatic carbocycles. The highest BCUT2D eigenvalue weighted by atomic mass is 35.5. The molecule has 30 heteroatoms. The molecule has 0 radical (unpaired) electrons. The second-order valence-electron chi connectivity index (χ2n) is 11.7. The number of rotatable bonds is 21. The van der Waals surface area contributed by atoms with Gasteiger partial charge in [-0.15, -0.1) is 14.6 Å². The number of aromatic hydroxyl groups is 1. The van der Waals surface area contributed by atoms with E-state index in [0.717, 1.165) is 18.2 Å². The summed E-state index contributed by atoms with van der Waals surface area (Å²) in [5, 5.41) is 54.5. The molecule has 326 valence electrons. The van der Waals surface area contributed by atoms with E-state index in [-0.39, 0.29) is 67.1 Å². The predicted octanol–water partition coefficient (Wildman–Crippen LogP) is 5.95. The molecular weight excluding hydrogens is 932 g/mol. The molecule has 0 fully saturated rings. The van der Waals surface area contributed by atoms with Gasteiger partial charge in [-0.2, -0.15) is 53.8 Å². The summed E-state index contributed by atoms with van der Waals surface area (Å²) in [6.45, 7) is -0.313. The van der Waals surface area contributed by atoms with Crippen molar-refractivity contribution in [1.29, 1.82) is 0 Å². The summed E-state index contributed by atoms with van der Waals surface area (Å²) in [6, 6.07) is 13.0. The van der Waals surface area contributed by atoms with Crippen LogP contribution >= 0.6 is 35.4 Å². The average Bonchev–Trinajstić information content (AvgIpc) is 3.18. The highest BCUT2D eigenvalue weighted by molar-refractivity contribution is 7.99. The maximum atomic E-state index is 12.6. The minimum absolute atomic E-state index is 0.0519. The summed E-state index contributed by atoms with van der Waals surface area (Å²) in [4.78, 5) is 11.2. The number of aromatic nitrogens is 3. The van der Waals surface area contributed by atoms with Gasteiger partial charge in [0, 0.05) is 23.7 Å². The number of nitrogens with two attached hydrogens (primary N) is 1. The Labute approximate surface area is 359 Å². The molecule has 61 heavy (non-hydrogen) atoms. The summed E-state index contributed by atoms with van der Waals surface area (Å²) < 4.78 is 99.3. The molecule has 24 nitrogen and oxygen atoms in total. The average molecular weight is 963 g/mol. The number of azo groups is 2. The molecule has 0 amide bonds. The third kappa shape index (κ3) is 13.3. The van der Waals surface area contributed by atoms with E-state index in [1.807, 2.05) is 0 Å². The Balaban J connectivity index is 1.47. The molecule has 0 spiro atoms. The molecule has 0 saturated heterocycles. The number of fused-ring (bicyclic) bond motifs is 1. The van der Waals surface area contributed by atoms with Gasteiger partial charge < -0.3 is 26.6 Å². The number of hydrogen-bond donors (Lipinski definition) is 8. The number of phenols is 1. The zero-order valence-corrected chi connectivity index (χ0v) is 35.4. The predicted molar refractivity (Wildman–Crippen MR) is 222 cm³/mol. The summed E-state index contributed by atoms with van der Waals surface area (Å²) in [6.07, 6.45) is 0. The summed E-state index contributed by atoms with van der Waals surface area (Å²) >= 11 is 7.94. The molecule has 0 aliphatic carbocycles. The lowest BCUT2D eigenvalue weighted by molar-refractivity contribution is -0.432. The maximum absolute atomic E-state index is 12.6. The highest BCUT2D eigenvalue weighted by Gasteiger charge is 2.26. The summed E-state index contributed by atoms with van der Waals surface area (Å²) in [7, 11) is -14.0. The van der Waals surface area contributed by atoms with Crippen LogP contribution in [-0.4, -0.2) is 102 Å². The van der Waals surface area contributed by atoms with Crippen LogP contribution in [0.2, 0.25) is 5.28 Å². The number of aliphatic hydroxyl groups excluding tert-OH is 1. The van der Waals surface area contributed by atoms with Gasteiger partial charge in [-0.05, 0) is 71.6 Å².